The molecule has 4 aliphatic carbocycles. The summed E-state index contributed by atoms with van der Waals surface area (Å²) in [5.41, 5.74) is 0.276. The molecule has 6 N–H and O–H groups in total. The average molecular weight is 949 g/mol. The van der Waals surface area contributed by atoms with Crippen LogP contribution in [0.5, 0.6) is 0 Å². The van der Waals surface area contributed by atoms with Crippen molar-refractivity contribution in [2.75, 3.05) is 31.6 Å². The van der Waals surface area contributed by atoms with Crippen molar-refractivity contribution in [3.8, 4) is 0 Å². The molecule has 4 rings (SSSR count). The van der Waals surface area contributed by atoms with Gasteiger partial charge in [-0.1, -0.05) is 67.2 Å². The summed E-state index contributed by atoms with van der Waals surface area (Å²) in [7, 11) is -3.20. The zero-order valence-corrected chi connectivity index (χ0v) is 43.0. The minimum Gasteiger partial charge on any atom is -0.356 e. The molecule has 0 aromatic rings. The predicted octanol–water partition coefficient (Wildman–Crippen LogP) is 7.04. The summed E-state index contributed by atoms with van der Waals surface area (Å²) in [5, 5.41) is 17.9. The molecule has 380 valence electrons. The Hall–Kier alpha value is -3.23. The van der Waals surface area contributed by atoms with E-state index in [1.54, 1.807) is 0 Å². The Balaban J connectivity index is 1.18. The van der Waals surface area contributed by atoms with E-state index in [1.807, 2.05) is 41.5 Å². The largest absolute Gasteiger partial charge is 0.356 e. The summed E-state index contributed by atoms with van der Waals surface area (Å²) in [6.45, 7) is 13.8. The molecular weight excluding hydrogens is 857 g/mol. The minimum absolute atomic E-state index is 0.0206. The average Bonchev–Trinajstić information content (AvgIpc) is 3.20. The van der Waals surface area contributed by atoms with Crippen molar-refractivity contribution >= 4 is 45.3 Å². The third-order valence-corrected chi connectivity index (χ3v) is 14.8. The van der Waals surface area contributed by atoms with Crippen LogP contribution in [0.2, 0.25) is 0 Å². The number of carbonyl (C=O) groups excluding carboxylic acids is 6. The van der Waals surface area contributed by atoms with Gasteiger partial charge in [0.1, 0.15) is 21.9 Å². The number of unbranched alkanes of at least 4 members (excludes halogenated alkanes) is 7. The molecule has 4 fully saturated rings. The fourth-order valence-corrected chi connectivity index (χ4v) is 11.8. The van der Waals surface area contributed by atoms with E-state index in [2.05, 4.69) is 31.9 Å². The van der Waals surface area contributed by atoms with Gasteiger partial charge in [0.05, 0.1) is 5.75 Å². The van der Waals surface area contributed by atoms with Gasteiger partial charge in [0.2, 0.25) is 35.4 Å². The third kappa shape index (κ3) is 24.2. The lowest BCUT2D eigenvalue weighted by Gasteiger charge is -2.56. The zero-order chi connectivity index (χ0) is 48.7. The molecule has 6 amide bonds. The highest BCUT2D eigenvalue weighted by Gasteiger charge is 2.51. The summed E-state index contributed by atoms with van der Waals surface area (Å²) in [5.74, 6) is 2.32. The maximum absolute atomic E-state index is 13.6. The highest BCUT2D eigenvalue weighted by molar-refractivity contribution is 7.90. The summed E-state index contributed by atoms with van der Waals surface area (Å²) >= 11 is 0. The first-order valence-electron chi connectivity index (χ1n) is 26.1. The summed E-state index contributed by atoms with van der Waals surface area (Å²) < 4.78 is 23.7. The molecule has 0 spiro atoms. The van der Waals surface area contributed by atoms with Crippen molar-refractivity contribution in [1.82, 2.24) is 31.9 Å². The van der Waals surface area contributed by atoms with E-state index in [0.717, 1.165) is 75.5 Å². The lowest BCUT2D eigenvalue weighted by Crippen LogP contribution is -2.55. The van der Waals surface area contributed by atoms with Crippen molar-refractivity contribution in [3.05, 3.63) is 0 Å². The number of rotatable bonds is 35. The number of hydrogen-bond acceptors (Lipinski definition) is 8. The van der Waals surface area contributed by atoms with Gasteiger partial charge in [0.25, 0.3) is 0 Å². The van der Waals surface area contributed by atoms with Gasteiger partial charge < -0.3 is 31.9 Å². The fourth-order valence-electron chi connectivity index (χ4n) is 11.1. The van der Waals surface area contributed by atoms with E-state index in [4.69, 9.17) is 0 Å². The Morgan fingerprint density at radius 1 is 0.500 bits per heavy atom. The molecular formula is C51H92N6O8S. The van der Waals surface area contributed by atoms with Crippen molar-refractivity contribution in [2.45, 2.75) is 214 Å². The summed E-state index contributed by atoms with van der Waals surface area (Å²) in [4.78, 5) is 77.4. The smallest absolute Gasteiger partial charge is 0.243 e. The second-order valence-corrected chi connectivity index (χ2v) is 24.4. The highest BCUT2D eigenvalue weighted by atomic mass is 32.2. The van der Waals surface area contributed by atoms with Crippen molar-refractivity contribution in [1.29, 1.82) is 0 Å². The highest BCUT2D eigenvalue weighted by Crippen LogP contribution is 2.61. The molecule has 4 saturated carbocycles. The monoisotopic (exact) mass is 949 g/mol. The van der Waals surface area contributed by atoms with E-state index in [0.29, 0.717) is 71.0 Å². The van der Waals surface area contributed by atoms with Gasteiger partial charge in [0, 0.05) is 57.6 Å². The predicted molar refractivity (Wildman–Crippen MR) is 263 cm³/mol. The van der Waals surface area contributed by atoms with Crippen LogP contribution in [0.15, 0.2) is 0 Å². The van der Waals surface area contributed by atoms with Crippen LogP contribution in [0.25, 0.3) is 0 Å². The van der Waals surface area contributed by atoms with Crippen LogP contribution in [0.4, 0.5) is 0 Å². The van der Waals surface area contributed by atoms with Crippen LogP contribution >= 0.6 is 0 Å². The van der Waals surface area contributed by atoms with E-state index < -0.39 is 27.8 Å². The van der Waals surface area contributed by atoms with Crippen LogP contribution in [0, 0.1) is 40.9 Å². The lowest BCUT2D eigenvalue weighted by atomic mass is 9.49. The van der Waals surface area contributed by atoms with E-state index in [1.165, 1.54) is 44.8 Å². The third-order valence-electron chi connectivity index (χ3n) is 13.8. The van der Waals surface area contributed by atoms with Crippen LogP contribution in [0.3, 0.4) is 0 Å². The molecule has 0 unspecified atom stereocenters. The van der Waals surface area contributed by atoms with E-state index in [-0.39, 0.29) is 70.9 Å². The van der Waals surface area contributed by atoms with Gasteiger partial charge in [0.15, 0.2) is 0 Å². The zero-order valence-electron chi connectivity index (χ0n) is 42.2. The fraction of sp³-hybridized carbons (Fsp3) is 0.882. The lowest BCUT2D eigenvalue weighted by molar-refractivity contribution is -0.133. The van der Waals surface area contributed by atoms with Crippen LogP contribution in [0.1, 0.15) is 196 Å². The molecule has 0 heterocycles. The van der Waals surface area contributed by atoms with Gasteiger partial charge in [-0.25, -0.2) is 8.42 Å². The Bertz CT molecular complexity index is 1600. The van der Waals surface area contributed by atoms with E-state index in [9.17, 15) is 37.2 Å². The van der Waals surface area contributed by atoms with Gasteiger partial charge in [-0.3, -0.25) is 28.8 Å². The molecule has 14 nitrogen and oxygen atoms in total. The van der Waals surface area contributed by atoms with Crippen LogP contribution < -0.4 is 31.9 Å². The van der Waals surface area contributed by atoms with Gasteiger partial charge >= 0.3 is 0 Å². The number of hydrogen-bond donors (Lipinski definition) is 6. The normalized spacial score (nSPS) is 21.3. The molecule has 0 aliphatic heterocycles. The molecule has 4 aliphatic rings. The van der Waals surface area contributed by atoms with E-state index >= 15 is 0 Å². The Morgan fingerprint density at radius 2 is 0.894 bits per heavy atom. The Morgan fingerprint density at radius 3 is 1.35 bits per heavy atom. The maximum Gasteiger partial charge on any atom is 0.243 e. The molecule has 4 bridgehead atoms. The Kier molecular flexibility index (Phi) is 25.6. The number of sulfone groups is 1. The topological polar surface area (TPSA) is 209 Å². The SMILES string of the molecule is CC(C)C[C@@H](CCS(C)(=O)=O)NC(=O)[C@H](CC(C)C)NC(=O)[C@H](CC(C)C)NC(=O)CCCCCCNC(=O)CCCCCNC(=O)CCCCCNC(=O)CC12CC3CC(CC(C3)C1)C2. The first-order chi connectivity index (χ1) is 31.2. The second kappa shape index (κ2) is 29.6. The van der Waals surface area contributed by atoms with Gasteiger partial charge in [-0.2, -0.15) is 0 Å². The molecule has 0 aromatic carbocycles. The van der Waals surface area contributed by atoms with Crippen LogP contribution in [-0.4, -0.2) is 93.6 Å². The standard InChI is InChI=1S/C51H92N6O8S/c1-36(2)26-42(21-25-66(7,64)65)55-49(62)44(28-38(5)6)57-50(63)43(27-37(3)4)56-47(60)20-12-8-9-15-22-52-45(58)18-13-10-16-23-53-46(59)19-14-11-17-24-54-48(61)35-51-32-39-29-40(33-51)31-41(30-39)34-51/h36-44H,8-35H2,1-7H3,(H,52,58)(H,53,59)(H,54,61)(H,55,62)(H,56,60)(H,57,63)/t39?,40?,41?,42-,43+,44+,51?/m1/s1. The molecule has 15 heteroatoms. The minimum atomic E-state index is -3.20. The van der Waals surface area contributed by atoms with Gasteiger partial charge in [-0.05, 0) is 144 Å². The first kappa shape index (κ1) is 57.1. The van der Waals surface area contributed by atoms with Gasteiger partial charge in [-0.15, -0.1) is 0 Å². The summed E-state index contributed by atoms with van der Waals surface area (Å²) in [6, 6.07) is -1.96. The molecule has 0 radical (unpaired) electrons. The molecule has 0 saturated heterocycles. The van der Waals surface area contributed by atoms with Crippen molar-refractivity contribution < 1.29 is 37.2 Å². The second-order valence-electron chi connectivity index (χ2n) is 22.1. The molecule has 66 heavy (non-hydrogen) atoms. The molecule has 0 aromatic heterocycles. The first-order valence-corrected chi connectivity index (χ1v) is 28.1. The number of carbonyl (C=O) groups is 6. The van der Waals surface area contributed by atoms with Crippen molar-refractivity contribution in [2.24, 2.45) is 40.9 Å². The number of nitrogens with one attached hydrogen (secondary N) is 6. The molecule has 3 atom stereocenters. The quantitative estimate of drug-likeness (QED) is 0.0363. The maximum atomic E-state index is 13.6. The Labute approximate surface area is 399 Å². The number of amides is 6. The van der Waals surface area contributed by atoms with Crippen LogP contribution in [-0.2, 0) is 38.6 Å². The summed E-state index contributed by atoms with van der Waals surface area (Å²) in [6.07, 6.45) is 21.0. The van der Waals surface area contributed by atoms with Crippen molar-refractivity contribution in [3.63, 3.8) is 0 Å².